The predicted molar refractivity (Wildman–Crippen MR) is 109 cm³/mol. The SMILES string of the molecule is Cc1nn(C)c(Cl)c1/C=C/C(=O)Nc1ccccc1Oc1ccccc1Cl. The van der Waals surface area contributed by atoms with Crippen LogP contribution < -0.4 is 10.1 Å². The number of carbonyl (C=O) groups excluding carboxylic acids is 1. The molecule has 1 N–H and O–H groups in total. The number of hydrogen-bond donors (Lipinski definition) is 1. The number of carbonyl (C=O) groups is 1. The Kier molecular flexibility index (Phi) is 5.84. The number of aryl methyl sites for hydroxylation is 2. The van der Waals surface area contributed by atoms with E-state index >= 15 is 0 Å². The van der Waals surface area contributed by atoms with Gasteiger partial charge in [0, 0.05) is 18.7 Å². The van der Waals surface area contributed by atoms with Crippen LogP contribution >= 0.6 is 23.2 Å². The molecule has 0 aliphatic rings. The molecule has 27 heavy (non-hydrogen) atoms. The zero-order valence-corrected chi connectivity index (χ0v) is 16.3. The summed E-state index contributed by atoms with van der Waals surface area (Å²) in [7, 11) is 1.75. The van der Waals surface area contributed by atoms with E-state index in [2.05, 4.69) is 10.4 Å². The lowest BCUT2D eigenvalue weighted by Crippen LogP contribution is -2.08. The van der Waals surface area contributed by atoms with Crippen molar-refractivity contribution in [2.24, 2.45) is 7.05 Å². The number of amides is 1. The summed E-state index contributed by atoms with van der Waals surface area (Å²) in [6, 6.07) is 14.3. The molecule has 0 unspecified atom stereocenters. The standard InChI is InChI=1S/C20H17Cl2N3O2/c1-13-14(20(22)25(2)24-13)11-12-19(26)23-16-8-4-6-10-18(16)27-17-9-5-3-7-15(17)21/h3-12H,1-2H3,(H,23,26)/b12-11+. The average molecular weight is 402 g/mol. The molecule has 0 bridgehead atoms. The third-order valence-corrected chi connectivity index (χ3v) is 4.56. The summed E-state index contributed by atoms with van der Waals surface area (Å²) in [6.45, 7) is 1.83. The highest BCUT2D eigenvalue weighted by Crippen LogP contribution is 2.33. The van der Waals surface area contributed by atoms with Crippen LogP contribution in [0.15, 0.2) is 54.6 Å². The molecule has 0 aliphatic heterocycles. The van der Waals surface area contributed by atoms with Crippen molar-refractivity contribution in [3.8, 4) is 11.5 Å². The van der Waals surface area contributed by atoms with Gasteiger partial charge in [0.05, 0.1) is 16.4 Å². The van der Waals surface area contributed by atoms with E-state index in [1.807, 2.05) is 25.1 Å². The topological polar surface area (TPSA) is 56.2 Å². The summed E-state index contributed by atoms with van der Waals surface area (Å²) in [5.41, 5.74) is 1.98. The fourth-order valence-corrected chi connectivity index (χ4v) is 2.89. The van der Waals surface area contributed by atoms with Crippen LogP contribution in [0, 0.1) is 6.92 Å². The van der Waals surface area contributed by atoms with Crippen molar-refractivity contribution < 1.29 is 9.53 Å². The van der Waals surface area contributed by atoms with Crippen LogP contribution in [0.2, 0.25) is 10.2 Å². The first-order chi connectivity index (χ1) is 13.0. The van der Waals surface area contributed by atoms with E-state index in [0.717, 1.165) is 5.69 Å². The third-order valence-electron chi connectivity index (χ3n) is 3.80. The quantitative estimate of drug-likeness (QED) is 0.575. The molecule has 0 saturated carbocycles. The van der Waals surface area contributed by atoms with E-state index < -0.39 is 0 Å². The maximum atomic E-state index is 12.3. The summed E-state index contributed by atoms with van der Waals surface area (Å²) >= 11 is 12.3. The van der Waals surface area contributed by atoms with E-state index in [0.29, 0.717) is 32.9 Å². The van der Waals surface area contributed by atoms with Crippen LogP contribution in [0.3, 0.4) is 0 Å². The van der Waals surface area contributed by atoms with Crippen molar-refractivity contribution in [3.05, 3.63) is 76.0 Å². The average Bonchev–Trinajstić information content (AvgIpc) is 2.89. The number of para-hydroxylation sites is 3. The van der Waals surface area contributed by atoms with Crippen LogP contribution in [0.4, 0.5) is 5.69 Å². The molecule has 3 aromatic rings. The minimum Gasteiger partial charge on any atom is -0.454 e. The van der Waals surface area contributed by atoms with Gasteiger partial charge in [0.2, 0.25) is 5.91 Å². The molecular formula is C20H17Cl2N3O2. The molecule has 5 nitrogen and oxygen atoms in total. The maximum absolute atomic E-state index is 12.3. The van der Waals surface area contributed by atoms with E-state index in [9.17, 15) is 4.79 Å². The Hall–Kier alpha value is -2.76. The van der Waals surface area contributed by atoms with Gasteiger partial charge in [-0.2, -0.15) is 5.10 Å². The van der Waals surface area contributed by atoms with Gasteiger partial charge in [0.25, 0.3) is 0 Å². The maximum Gasteiger partial charge on any atom is 0.248 e. The van der Waals surface area contributed by atoms with Crippen molar-refractivity contribution >= 4 is 40.9 Å². The van der Waals surface area contributed by atoms with Gasteiger partial charge in [-0.25, -0.2) is 0 Å². The highest BCUT2D eigenvalue weighted by atomic mass is 35.5. The van der Waals surface area contributed by atoms with Crippen LogP contribution in [-0.4, -0.2) is 15.7 Å². The molecule has 1 heterocycles. The van der Waals surface area contributed by atoms with E-state index in [-0.39, 0.29) is 5.91 Å². The second kappa shape index (κ2) is 8.29. The fraction of sp³-hybridized carbons (Fsp3) is 0.100. The first-order valence-electron chi connectivity index (χ1n) is 8.15. The highest BCUT2D eigenvalue weighted by Gasteiger charge is 2.11. The number of ether oxygens (including phenoxy) is 1. The van der Waals surface area contributed by atoms with Gasteiger partial charge in [-0.05, 0) is 37.3 Å². The van der Waals surface area contributed by atoms with Crippen molar-refractivity contribution in [3.63, 3.8) is 0 Å². The number of halogens is 2. The molecule has 2 aromatic carbocycles. The van der Waals surface area contributed by atoms with E-state index in [1.165, 1.54) is 6.08 Å². The first kappa shape index (κ1) is 19.0. The molecule has 1 amide bonds. The van der Waals surface area contributed by atoms with Gasteiger partial charge in [-0.3, -0.25) is 9.48 Å². The molecule has 0 radical (unpaired) electrons. The fourth-order valence-electron chi connectivity index (χ4n) is 2.47. The summed E-state index contributed by atoms with van der Waals surface area (Å²) in [4.78, 5) is 12.3. The van der Waals surface area contributed by atoms with Gasteiger partial charge in [0.1, 0.15) is 10.9 Å². The zero-order valence-electron chi connectivity index (χ0n) is 14.7. The number of benzene rings is 2. The van der Waals surface area contributed by atoms with Gasteiger partial charge in [-0.15, -0.1) is 0 Å². The predicted octanol–water partition coefficient (Wildman–Crippen LogP) is 5.48. The van der Waals surface area contributed by atoms with E-state index in [4.69, 9.17) is 27.9 Å². The van der Waals surface area contributed by atoms with Crippen molar-refractivity contribution in [1.29, 1.82) is 0 Å². The molecule has 3 rings (SSSR count). The Bertz CT molecular complexity index is 1010. The van der Waals surface area contributed by atoms with Gasteiger partial charge in [0.15, 0.2) is 5.75 Å². The lowest BCUT2D eigenvalue weighted by atomic mass is 10.2. The number of rotatable bonds is 5. The second-order valence-corrected chi connectivity index (χ2v) is 6.53. The molecule has 0 atom stereocenters. The van der Waals surface area contributed by atoms with Gasteiger partial charge < -0.3 is 10.1 Å². The van der Waals surface area contributed by atoms with Crippen LogP contribution in [0.25, 0.3) is 6.08 Å². The first-order valence-corrected chi connectivity index (χ1v) is 8.91. The molecule has 0 fully saturated rings. The minimum absolute atomic E-state index is 0.315. The summed E-state index contributed by atoms with van der Waals surface area (Å²) in [6.07, 6.45) is 3.04. The molecule has 0 aliphatic carbocycles. The van der Waals surface area contributed by atoms with Gasteiger partial charge in [-0.1, -0.05) is 47.5 Å². The second-order valence-electron chi connectivity index (χ2n) is 5.76. The number of aromatic nitrogens is 2. The highest BCUT2D eigenvalue weighted by molar-refractivity contribution is 6.32. The monoisotopic (exact) mass is 401 g/mol. The van der Waals surface area contributed by atoms with Crippen LogP contribution in [-0.2, 0) is 11.8 Å². The molecule has 7 heteroatoms. The molecule has 0 saturated heterocycles. The Morgan fingerprint density at radius 3 is 2.44 bits per heavy atom. The molecule has 138 valence electrons. The summed E-state index contributed by atoms with van der Waals surface area (Å²) < 4.78 is 7.40. The van der Waals surface area contributed by atoms with Crippen LogP contribution in [0.5, 0.6) is 11.5 Å². The number of nitrogens with zero attached hydrogens (tertiary/aromatic N) is 2. The number of anilines is 1. The largest absolute Gasteiger partial charge is 0.454 e. The lowest BCUT2D eigenvalue weighted by molar-refractivity contribution is -0.111. The smallest absolute Gasteiger partial charge is 0.248 e. The van der Waals surface area contributed by atoms with Gasteiger partial charge >= 0.3 is 0 Å². The minimum atomic E-state index is -0.315. The Balaban J connectivity index is 1.77. The lowest BCUT2D eigenvalue weighted by Gasteiger charge is -2.12. The molecule has 0 spiro atoms. The normalized spacial score (nSPS) is 11.0. The molecule has 1 aromatic heterocycles. The third kappa shape index (κ3) is 4.51. The number of hydrogen-bond acceptors (Lipinski definition) is 3. The zero-order chi connectivity index (χ0) is 19.4. The van der Waals surface area contributed by atoms with Crippen LogP contribution in [0.1, 0.15) is 11.3 Å². The number of nitrogens with one attached hydrogen (secondary N) is 1. The van der Waals surface area contributed by atoms with Crippen molar-refractivity contribution in [2.45, 2.75) is 6.92 Å². The van der Waals surface area contributed by atoms with Crippen molar-refractivity contribution in [1.82, 2.24) is 9.78 Å². The van der Waals surface area contributed by atoms with E-state index in [1.54, 1.807) is 48.1 Å². The summed E-state index contributed by atoms with van der Waals surface area (Å²) in [5, 5.41) is 7.97. The molecular weight excluding hydrogens is 385 g/mol. The van der Waals surface area contributed by atoms with Crippen molar-refractivity contribution in [2.75, 3.05) is 5.32 Å². The Morgan fingerprint density at radius 2 is 1.78 bits per heavy atom. The Labute approximate surface area is 167 Å². The summed E-state index contributed by atoms with van der Waals surface area (Å²) in [5.74, 6) is 0.682. The Morgan fingerprint density at radius 1 is 1.11 bits per heavy atom.